The van der Waals surface area contributed by atoms with E-state index in [1.807, 2.05) is 24.3 Å². The normalized spacial score (nSPS) is 14.2. The quantitative estimate of drug-likeness (QED) is 0.381. The fourth-order valence-corrected chi connectivity index (χ4v) is 4.47. The van der Waals surface area contributed by atoms with Crippen LogP contribution in [0.4, 0.5) is 0 Å². The van der Waals surface area contributed by atoms with Gasteiger partial charge in [-0.3, -0.25) is 23.9 Å². The molecule has 0 spiro atoms. The van der Waals surface area contributed by atoms with Crippen molar-refractivity contribution >= 4 is 22.8 Å². The van der Waals surface area contributed by atoms with Crippen LogP contribution in [0, 0.1) is 5.92 Å². The van der Waals surface area contributed by atoms with Crippen molar-refractivity contribution in [2.45, 2.75) is 26.3 Å². The van der Waals surface area contributed by atoms with Crippen LogP contribution in [0.25, 0.3) is 33.9 Å². The van der Waals surface area contributed by atoms with E-state index < -0.39 is 0 Å². The molecule has 4 aromatic rings. The van der Waals surface area contributed by atoms with Crippen LogP contribution >= 0.6 is 0 Å². The lowest BCUT2D eigenvalue weighted by atomic mass is 9.97. The average Bonchev–Trinajstić information content (AvgIpc) is 3.41. The molecule has 0 saturated carbocycles. The summed E-state index contributed by atoms with van der Waals surface area (Å²) >= 11 is 0. The largest absolute Gasteiger partial charge is 0.466 e. The zero-order chi connectivity index (χ0) is 25.1. The van der Waals surface area contributed by atoms with E-state index in [1.165, 1.54) is 10.6 Å². The zero-order valence-corrected chi connectivity index (χ0v) is 19.8. The number of para-hydroxylation sites is 1. The second-order valence-electron chi connectivity index (χ2n) is 8.54. The van der Waals surface area contributed by atoms with Crippen molar-refractivity contribution in [3.8, 4) is 23.0 Å². The maximum absolute atomic E-state index is 13.2. The predicted molar refractivity (Wildman–Crippen MR) is 131 cm³/mol. The first-order valence-electron chi connectivity index (χ1n) is 11.9. The Balaban J connectivity index is 1.40. The molecule has 10 heteroatoms. The molecule has 4 heterocycles. The standard InChI is InChI=1S/C26H25N5O5/c1-2-35-26(34)17-10-13-30(14-11-17)23(33)16-31-21-9-4-3-7-18(21)19(15-22(31)32)25-28-24(29-36-25)20-8-5-6-12-27-20/h3-9,12,15,17H,2,10-11,13-14,16H2,1H3. The minimum Gasteiger partial charge on any atom is -0.466 e. The molecule has 5 rings (SSSR count). The lowest BCUT2D eigenvalue weighted by Crippen LogP contribution is -2.43. The molecule has 0 radical (unpaired) electrons. The minimum absolute atomic E-state index is 0.104. The minimum atomic E-state index is -0.351. The van der Waals surface area contributed by atoms with E-state index in [9.17, 15) is 14.4 Å². The van der Waals surface area contributed by atoms with Crippen molar-refractivity contribution < 1.29 is 18.8 Å². The highest BCUT2D eigenvalue weighted by Crippen LogP contribution is 2.28. The van der Waals surface area contributed by atoms with Crippen LogP contribution in [0.15, 0.2) is 64.0 Å². The number of hydrogen-bond donors (Lipinski definition) is 0. The lowest BCUT2D eigenvalue weighted by molar-refractivity contribution is -0.151. The third kappa shape index (κ3) is 4.61. The summed E-state index contributed by atoms with van der Waals surface area (Å²) in [6, 6.07) is 14.1. The van der Waals surface area contributed by atoms with E-state index in [0.29, 0.717) is 60.5 Å². The van der Waals surface area contributed by atoms with Gasteiger partial charge in [-0.05, 0) is 38.0 Å². The molecule has 1 amide bonds. The molecule has 10 nitrogen and oxygen atoms in total. The molecule has 0 N–H and O–H groups in total. The number of esters is 1. The number of carbonyl (C=O) groups is 2. The van der Waals surface area contributed by atoms with E-state index >= 15 is 0 Å². The Bertz CT molecular complexity index is 1450. The number of nitrogens with zero attached hydrogens (tertiary/aromatic N) is 5. The number of carbonyl (C=O) groups excluding carboxylic acids is 2. The number of benzene rings is 1. The average molecular weight is 488 g/mol. The maximum atomic E-state index is 13.2. The van der Waals surface area contributed by atoms with E-state index in [2.05, 4.69) is 15.1 Å². The summed E-state index contributed by atoms with van der Waals surface area (Å²) in [7, 11) is 0. The van der Waals surface area contributed by atoms with E-state index in [-0.39, 0.29) is 35.8 Å². The van der Waals surface area contributed by atoms with Crippen molar-refractivity contribution in [1.82, 2.24) is 24.6 Å². The van der Waals surface area contributed by atoms with E-state index in [4.69, 9.17) is 9.26 Å². The van der Waals surface area contributed by atoms with Crippen molar-refractivity contribution in [3.63, 3.8) is 0 Å². The molecule has 1 fully saturated rings. The van der Waals surface area contributed by atoms with Crippen LogP contribution in [0.3, 0.4) is 0 Å². The van der Waals surface area contributed by atoms with Gasteiger partial charge in [0.05, 0.1) is 23.6 Å². The Morgan fingerprint density at radius 2 is 1.89 bits per heavy atom. The Morgan fingerprint density at radius 3 is 2.64 bits per heavy atom. The van der Waals surface area contributed by atoms with Gasteiger partial charge < -0.3 is 14.2 Å². The highest BCUT2D eigenvalue weighted by molar-refractivity contribution is 5.93. The number of piperidine rings is 1. The molecular formula is C26H25N5O5. The number of likely N-dealkylation sites (tertiary alicyclic amines) is 1. The highest BCUT2D eigenvalue weighted by atomic mass is 16.5. The van der Waals surface area contributed by atoms with Gasteiger partial charge in [-0.1, -0.05) is 29.4 Å². The second-order valence-corrected chi connectivity index (χ2v) is 8.54. The summed E-state index contributed by atoms with van der Waals surface area (Å²) in [4.78, 5) is 48.6. The van der Waals surface area contributed by atoms with Gasteiger partial charge in [0.25, 0.3) is 11.4 Å². The molecule has 1 saturated heterocycles. The summed E-state index contributed by atoms with van der Waals surface area (Å²) < 4.78 is 12.0. The highest BCUT2D eigenvalue weighted by Gasteiger charge is 2.28. The van der Waals surface area contributed by atoms with Gasteiger partial charge >= 0.3 is 5.97 Å². The van der Waals surface area contributed by atoms with Crippen molar-refractivity contribution in [2.75, 3.05) is 19.7 Å². The van der Waals surface area contributed by atoms with Gasteiger partial charge in [0.15, 0.2) is 0 Å². The second kappa shape index (κ2) is 10.1. The van der Waals surface area contributed by atoms with Crippen LogP contribution in [0.1, 0.15) is 19.8 Å². The maximum Gasteiger partial charge on any atom is 0.309 e. The Kier molecular flexibility index (Phi) is 6.57. The molecule has 0 atom stereocenters. The first-order valence-corrected chi connectivity index (χ1v) is 11.9. The summed E-state index contributed by atoms with van der Waals surface area (Å²) in [5, 5.41) is 4.72. The number of rotatable bonds is 6. The number of aromatic nitrogens is 4. The summed E-state index contributed by atoms with van der Waals surface area (Å²) in [5.74, 6) is -0.0619. The van der Waals surface area contributed by atoms with Gasteiger partial charge in [0.1, 0.15) is 12.2 Å². The van der Waals surface area contributed by atoms with Crippen LogP contribution in [-0.4, -0.2) is 56.2 Å². The predicted octanol–water partition coefficient (Wildman–Crippen LogP) is 2.92. The third-order valence-corrected chi connectivity index (χ3v) is 6.33. The van der Waals surface area contributed by atoms with Crippen LogP contribution in [-0.2, 0) is 20.9 Å². The number of pyridine rings is 2. The number of fused-ring (bicyclic) bond motifs is 1. The summed E-state index contributed by atoms with van der Waals surface area (Å²) in [6.07, 6.45) is 2.74. The lowest BCUT2D eigenvalue weighted by Gasteiger charge is -2.31. The van der Waals surface area contributed by atoms with Crippen LogP contribution in [0.5, 0.6) is 0 Å². The SMILES string of the molecule is CCOC(=O)C1CCN(C(=O)Cn2c(=O)cc(-c3nc(-c4ccccn4)no3)c3ccccc32)CC1. The van der Waals surface area contributed by atoms with Crippen LogP contribution in [0.2, 0.25) is 0 Å². The molecular weight excluding hydrogens is 462 g/mol. The number of amides is 1. The number of hydrogen-bond acceptors (Lipinski definition) is 8. The van der Waals surface area contributed by atoms with Gasteiger partial charge in [-0.15, -0.1) is 0 Å². The van der Waals surface area contributed by atoms with Crippen molar-refractivity contribution in [3.05, 3.63) is 65.1 Å². The van der Waals surface area contributed by atoms with Gasteiger partial charge in [-0.2, -0.15) is 4.98 Å². The first-order chi connectivity index (χ1) is 17.5. The number of ether oxygens (including phenoxy) is 1. The monoisotopic (exact) mass is 487 g/mol. The molecule has 1 aliphatic heterocycles. The van der Waals surface area contributed by atoms with Crippen molar-refractivity contribution in [1.29, 1.82) is 0 Å². The molecule has 36 heavy (non-hydrogen) atoms. The van der Waals surface area contributed by atoms with Gasteiger partial charge in [-0.25, -0.2) is 0 Å². The zero-order valence-electron chi connectivity index (χ0n) is 19.8. The van der Waals surface area contributed by atoms with Gasteiger partial charge in [0.2, 0.25) is 11.7 Å². The summed E-state index contributed by atoms with van der Waals surface area (Å²) in [6.45, 7) is 2.92. The molecule has 1 aliphatic rings. The Morgan fingerprint density at radius 1 is 1.11 bits per heavy atom. The van der Waals surface area contributed by atoms with Crippen LogP contribution < -0.4 is 5.56 Å². The fraction of sp³-hybridized carbons (Fsp3) is 0.308. The fourth-order valence-electron chi connectivity index (χ4n) is 4.47. The van der Waals surface area contributed by atoms with E-state index in [0.717, 1.165) is 0 Å². The smallest absolute Gasteiger partial charge is 0.309 e. The topological polar surface area (TPSA) is 120 Å². The molecule has 184 valence electrons. The Labute approximate surface area is 206 Å². The van der Waals surface area contributed by atoms with Crippen molar-refractivity contribution in [2.24, 2.45) is 5.92 Å². The molecule has 1 aromatic carbocycles. The van der Waals surface area contributed by atoms with E-state index in [1.54, 1.807) is 36.2 Å². The molecule has 0 unspecified atom stereocenters. The molecule has 0 bridgehead atoms. The Hall–Kier alpha value is -4.34. The summed E-state index contributed by atoms with van der Waals surface area (Å²) in [5.41, 5.74) is 1.29. The first kappa shape index (κ1) is 23.4. The third-order valence-electron chi connectivity index (χ3n) is 6.33. The molecule has 3 aromatic heterocycles. The molecule has 0 aliphatic carbocycles. The van der Waals surface area contributed by atoms with Gasteiger partial charge in [0, 0.05) is 30.7 Å².